The van der Waals surface area contributed by atoms with Crippen molar-refractivity contribution in [3.8, 4) is 101 Å². The van der Waals surface area contributed by atoms with Crippen LogP contribution in [0.1, 0.15) is 79.9 Å². The number of methoxy groups -OCH3 is 1. The van der Waals surface area contributed by atoms with E-state index in [1.165, 1.54) is 45.5 Å². The van der Waals surface area contributed by atoms with Gasteiger partial charge in [-0.1, -0.05) is 114 Å². The molecule has 8 aromatic heterocycles. The average molecular weight is 1600 g/mol. The second kappa shape index (κ2) is 37.8. The topological polar surface area (TPSA) is 282 Å². The zero-order chi connectivity index (χ0) is 79.6. The highest BCUT2D eigenvalue weighted by Gasteiger charge is 2.17. The van der Waals surface area contributed by atoms with Gasteiger partial charge in [0.2, 0.25) is 23.8 Å². The molecule has 0 amide bonds. The zero-order valence-corrected chi connectivity index (χ0v) is 66.6. The van der Waals surface area contributed by atoms with Crippen LogP contribution in [-0.4, -0.2) is 77.6 Å². The summed E-state index contributed by atoms with van der Waals surface area (Å²) < 4.78 is 5.32. The molecule has 0 aliphatic carbocycles. The Bertz CT molecular complexity index is 5910. The molecule has 16 rings (SSSR count). The second-order valence-electron chi connectivity index (χ2n) is 26.2. The molecule has 8 heterocycles. The number of hydrogen-bond acceptors (Lipinski definition) is 23. The largest absolute Gasteiger partial charge is 0.508 e. The van der Waals surface area contributed by atoms with E-state index in [1.54, 1.807) is 93.6 Å². The van der Waals surface area contributed by atoms with Crippen molar-refractivity contribution in [2.24, 2.45) is 0 Å². The highest BCUT2D eigenvalue weighted by molar-refractivity contribution is 7.19. The van der Waals surface area contributed by atoms with E-state index in [0.29, 0.717) is 29.4 Å². The lowest BCUT2D eigenvalue weighted by molar-refractivity contribution is 0.199. The smallest absolute Gasteiger partial charge is 0.227 e. The number of halogens is 1. The number of aliphatic hydroxyl groups excluding tert-OH is 4. The van der Waals surface area contributed by atoms with Crippen LogP contribution in [0.4, 0.5) is 46.5 Å². The number of nitrogens with zero attached hydrogens (tertiary/aromatic N) is 8. The lowest BCUT2D eigenvalue weighted by atomic mass is 10.1. The molecular weight excluding hydrogens is 1520 g/mol. The molecule has 0 aliphatic heterocycles. The highest BCUT2D eigenvalue weighted by atomic mass is 35.5. The van der Waals surface area contributed by atoms with Crippen LogP contribution in [0, 0.1) is 6.92 Å². The van der Waals surface area contributed by atoms with Gasteiger partial charge in [-0.3, -0.25) is 0 Å². The number of aromatic nitrogens is 8. The Morgan fingerprint density at radius 3 is 1.04 bits per heavy atom. The first kappa shape index (κ1) is 79.7. The maximum Gasteiger partial charge on any atom is 0.227 e. The van der Waals surface area contributed by atoms with Gasteiger partial charge in [-0.25, -0.2) is 39.9 Å². The predicted molar refractivity (Wildman–Crippen MR) is 464 cm³/mol. The number of anilines is 8. The standard InChI is InChI=1S/C23H21N3O2S.C23H21N3OS.C22H18ClN3OS.C22H19N3O3S/c1-15(27)16-5-3-7-18(13-16)25-23-24-12-11-20(26-23)22-10-9-21(29-22)17-6-4-8-19(14-17)28-2;1-15-5-3-7-18(13-15)21-9-10-22(28-21)20-11-12-24-23(26-20)25-19-8-4-6-17(14-19)16(2)27;1-14(27)16-3-2-4-18(13-16)25-22-24-12-11-19(26-22)21-10-9-20(28-21)15-5-7-17(23)8-6-15;1-13(26)14-3-2-4-15(11-14)24-22-23-10-9-18(25-22)21-8-7-20(29-21)17-12-16(27)5-6-19(17)28/h3-15,27H,1-2H3,(H,24,25,26);3-14,16,27H,1-2H3,(H,24,25,26);2-14,27H,1H3,(H,24,25,26);2-13,26-28H,1H3,(H,23,24,25). The van der Waals surface area contributed by atoms with E-state index in [0.717, 1.165) is 124 Å². The number of hydrogen-bond donors (Lipinski definition) is 10. The summed E-state index contributed by atoms with van der Waals surface area (Å²) in [7, 11) is 1.67. The number of thiophene rings is 4. The molecule has 572 valence electrons. The van der Waals surface area contributed by atoms with Gasteiger partial charge in [0, 0.05) is 77.6 Å². The summed E-state index contributed by atoms with van der Waals surface area (Å²) in [6.07, 6.45) is 4.81. The third kappa shape index (κ3) is 21.4. The maximum atomic E-state index is 10.1. The summed E-state index contributed by atoms with van der Waals surface area (Å²) in [5, 5.41) is 72.4. The number of ether oxygens (including phenoxy) is 1. The van der Waals surface area contributed by atoms with E-state index < -0.39 is 24.4 Å². The molecule has 0 spiro atoms. The summed E-state index contributed by atoms with van der Waals surface area (Å²) >= 11 is 12.5. The first-order valence-corrected chi connectivity index (χ1v) is 39.9. The van der Waals surface area contributed by atoms with Gasteiger partial charge in [0.1, 0.15) is 17.2 Å². The van der Waals surface area contributed by atoms with Crippen LogP contribution in [0.2, 0.25) is 5.02 Å². The van der Waals surface area contributed by atoms with Gasteiger partial charge in [0.25, 0.3) is 0 Å². The number of rotatable bonds is 21. The number of nitrogens with one attached hydrogen (secondary N) is 4. The molecule has 8 aromatic carbocycles. The number of benzene rings is 8. The molecule has 16 aromatic rings. The Kier molecular flexibility index (Phi) is 26.4. The minimum Gasteiger partial charge on any atom is -0.508 e. The first-order chi connectivity index (χ1) is 55.3. The fourth-order valence-electron chi connectivity index (χ4n) is 11.7. The molecule has 0 fully saturated rings. The van der Waals surface area contributed by atoms with Gasteiger partial charge in [-0.2, -0.15) is 0 Å². The zero-order valence-electron chi connectivity index (χ0n) is 62.6. The van der Waals surface area contributed by atoms with Crippen LogP contribution in [0.25, 0.3) is 84.0 Å². The van der Waals surface area contributed by atoms with Gasteiger partial charge in [0.05, 0.1) is 73.8 Å². The van der Waals surface area contributed by atoms with Crippen LogP contribution in [0.5, 0.6) is 17.2 Å². The number of aromatic hydroxyl groups is 2. The van der Waals surface area contributed by atoms with Crippen molar-refractivity contribution in [2.75, 3.05) is 28.4 Å². The molecule has 19 nitrogen and oxygen atoms in total. The number of phenols is 2. The van der Waals surface area contributed by atoms with Crippen molar-refractivity contribution < 1.29 is 35.4 Å². The van der Waals surface area contributed by atoms with Crippen LogP contribution in [0.15, 0.2) is 286 Å². The molecule has 24 heteroatoms. The fraction of sp³-hybridized carbons (Fsp3) is 0.111. The van der Waals surface area contributed by atoms with E-state index in [2.05, 4.69) is 135 Å². The summed E-state index contributed by atoms with van der Waals surface area (Å²) in [5.41, 5.74) is 15.3. The maximum absolute atomic E-state index is 10.1. The Labute approximate surface area is 681 Å². The predicted octanol–water partition coefficient (Wildman–Crippen LogP) is 23.1. The average Bonchev–Trinajstić information content (AvgIpc) is 1.69. The Balaban J connectivity index is 0.000000133. The van der Waals surface area contributed by atoms with Crippen LogP contribution in [-0.2, 0) is 0 Å². The summed E-state index contributed by atoms with van der Waals surface area (Å²) in [6, 6.07) is 83.0. The third-order valence-corrected chi connectivity index (χ3v) is 22.5. The van der Waals surface area contributed by atoms with Crippen LogP contribution in [0.3, 0.4) is 0 Å². The minimum absolute atomic E-state index is 0.0979. The SMILES string of the molecule is CC(O)c1cccc(Nc2nccc(-c3ccc(-c4cc(O)ccc4O)s3)n2)c1.CC(O)c1cccc(Nc2nccc(-c3ccc(-c4ccc(Cl)cc4)s3)n2)c1.COc1cccc(-c2ccc(-c3ccnc(Nc4cccc(C(C)O)c4)n3)s2)c1.Cc1cccc(-c2ccc(-c3ccnc(Nc4cccc(C(C)O)c4)n3)s2)c1. The molecule has 114 heavy (non-hydrogen) atoms. The van der Waals surface area contributed by atoms with Gasteiger partial charge in [-0.15, -0.1) is 45.3 Å². The molecule has 0 aliphatic rings. The van der Waals surface area contributed by atoms with Crippen molar-refractivity contribution in [1.29, 1.82) is 0 Å². The lowest BCUT2D eigenvalue weighted by Crippen LogP contribution is -1.99. The molecule has 4 unspecified atom stereocenters. The van der Waals surface area contributed by atoms with Crippen molar-refractivity contribution in [3.05, 3.63) is 318 Å². The van der Waals surface area contributed by atoms with Gasteiger partial charge in [0.15, 0.2) is 0 Å². The monoisotopic (exact) mass is 1600 g/mol. The van der Waals surface area contributed by atoms with E-state index >= 15 is 0 Å². The molecule has 4 atom stereocenters. The highest BCUT2D eigenvalue weighted by Crippen LogP contribution is 2.42. The summed E-state index contributed by atoms with van der Waals surface area (Å²) in [4.78, 5) is 44.3. The minimum atomic E-state index is -0.553. The molecule has 10 N–H and O–H groups in total. The Morgan fingerprint density at radius 2 is 0.667 bits per heavy atom. The van der Waals surface area contributed by atoms with Crippen molar-refractivity contribution >= 4 is 103 Å². The van der Waals surface area contributed by atoms with Crippen molar-refractivity contribution in [1.82, 2.24) is 39.9 Å². The Morgan fingerprint density at radius 1 is 0.333 bits per heavy atom. The number of aryl methyl sites for hydroxylation is 1. The Hall–Kier alpha value is -12.4. The normalized spacial score (nSPS) is 11.9. The van der Waals surface area contributed by atoms with Crippen LogP contribution < -0.4 is 26.0 Å². The number of phenolic OH excluding ortho intramolecular Hbond substituents is 2. The summed E-state index contributed by atoms with van der Waals surface area (Å²) in [6.45, 7) is 9.05. The van der Waals surface area contributed by atoms with E-state index in [9.17, 15) is 30.6 Å². The van der Waals surface area contributed by atoms with Crippen molar-refractivity contribution in [2.45, 2.75) is 59.0 Å². The van der Waals surface area contributed by atoms with Gasteiger partial charge in [-0.05, 0) is 237 Å². The van der Waals surface area contributed by atoms with Crippen LogP contribution >= 0.6 is 56.9 Å². The summed E-state index contributed by atoms with van der Waals surface area (Å²) in [5.74, 6) is 3.06. The second-order valence-corrected chi connectivity index (χ2v) is 31.0. The molecule has 0 radical (unpaired) electrons. The van der Waals surface area contributed by atoms with E-state index in [1.807, 2.05) is 176 Å². The molecule has 0 saturated heterocycles. The van der Waals surface area contributed by atoms with E-state index in [4.69, 9.17) is 16.3 Å². The molecule has 0 saturated carbocycles. The third-order valence-electron chi connectivity index (χ3n) is 17.6. The first-order valence-electron chi connectivity index (χ1n) is 36.2. The lowest BCUT2D eigenvalue weighted by Gasteiger charge is -2.09. The fourth-order valence-corrected chi connectivity index (χ4v) is 15.7. The van der Waals surface area contributed by atoms with Gasteiger partial charge >= 0.3 is 0 Å². The molecular formula is C90H79ClN12O7S4. The number of aliphatic hydroxyl groups is 4. The quantitative estimate of drug-likeness (QED) is 0.0299. The molecule has 0 bridgehead atoms. The van der Waals surface area contributed by atoms with Gasteiger partial charge < -0.3 is 56.6 Å². The van der Waals surface area contributed by atoms with E-state index in [-0.39, 0.29) is 11.5 Å². The van der Waals surface area contributed by atoms with Crippen molar-refractivity contribution in [3.63, 3.8) is 0 Å².